The molecule has 0 aliphatic heterocycles. The zero-order valence-corrected chi connectivity index (χ0v) is 6.15. The van der Waals surface area contributed by atoms with Gasteiger partial charge in [0, 0.05) is 0 Å². The molecule has 1 heterocycles. The molecule has 4 heteroatoms. The molecule has 0 fully saturated rings. The van der Waals surface area contributed by atoms with Crippen molar-refractivity contribution in [1.82, 2.24) is 0 Å². The predicted molar refractivity (Wildman–Crippen MR) is 42.0 cm³/mol. The molecular weight excluding hydrogens is 148 g/mol. The Morgan fingerprint density at radius 3 is 3.10 bits per heavy atom. The lowest BCUT2D eigenvalue weighted by atomic mass is 10.5. The number of hydrogen-bond donors (Lipinski definition) is 2. The molecule has 0 aliphatic carbocycles. The van der Waals surface area contributed by atoms with E-state index in [9.17, 15) is 4.79 Å². The van der Waals surface area contributed by atoms with Gasteiger partial charge in [-0.25, -0.2) is 0 Å². The fourth-order valence-electron chi connectivity index (χ4n) is 0.538. The molecule has 10 heavy (non-hydrogen) atoms. The van der Waals surface area contributed by atoms with Crippen LogP contribution in [-0.4, -0.2) is 12.5 Å². The lowest BCUT2D eigenvalue weighted by Crippen LogP contribution is -2.21. The van der Waals surface area contributed by atoms with Gasteiger partial charge >= 0.3 is 0 Å². The smallest absolute Gasteiger partial charge is 0.238 e. The first-order chi connectivity index (χ1) is 4.83. The van der Waals surface area contributed by atoms with Crippen LogP contribution in [-0.2, 0) is 4.79 Å². The molecule has 1 amide bonds. The van der Waals surface area contributed by atoms with E-state index in [2.05, 4.69) is 5.32 Å². The van der Waals surface area contributed by atoms with Gasteiger partial charge < -0.3 is 11.1 Å². The summed E-state index contributed by atoms with van der Waals surface area (Å²) in [6.45, 7) is 0.0396. The highest BCUT2D eigenvalue weighted by atomic mass is 32.1. The monoisotopic (exact) mass is 156 g/mol. The summed E-state index contributed by atoms with van der Waals surface area (Å²) in [4.78, 5) is 10.6. The number of carbonyl (C=O) groups excluding carboxylic acids is 1. The number of anilines is 1. The van der Waals surface area contributed by atoms with Crippen molar-refractivity contribution >= 4 is 22.2 Å². The average Bonchev–Trinajstić information content (AvgIpc) is 2.40. The Morgan fingerprint density at radius 1 is 1.80 bits per heavy atom. The van der Waals surface area contributed by atoms with Crippen molar-refractivity contribution in [3.63, 3.8) is 0 Å². The molecular formula is C6H8N2OS. The van der Waals surface area contributed by atoms with Crippen molar-refractivity contribution in [3.8, 4) is 0 Å². The van der Waals surface area contributed by atoms with Crippen LogP contribution < -0.4 is 11.1 Å². The molecule has 1 aromatic rings. The van der Waals surface area contributed by atoms with E-state index in [0.29, 0.717) is 0 Å². The van der Waals surface area contributed by atoms with E-state index in [4.69, 9.17) is 5.73 Å². The summed E-state index contributed by atoms with van der Waals surface area (Å²) in [5.74, 6) is -0.151. The number of amides is 1. The quantitative estimate of drug-likeness (QED) is 0.660. The SMILES string of the molecule is NCC(=O)Nc1cccs1. The van der Waals surface area contributed by atoms with Gasteiger partial charge in [0.05, 0.1) is 11.5 Å². The van der Waals surface area contributed by atoms with Gasteiger partial charge in [0.15, 0.2) is 0 Å². The first-order valence-electron chi connectivity index (χ1n) is 2.86. The Bertz CT molecular complexity index is 208. The van der Waals surface area contributed by atoms with Crippen LogP contribution in [0, 0.1) is 0 Å². The zero-order chi connectivity index (χ0) is 7.40. The predicted octanol–water partition coefficient (Wildman–Crippen LogP) is 0.645. The normalized spacial score (nSPS) is 9.30. The summed E-state index contributed by atoms with van der Waals surface area (Å²) < 4.78 is 0. The Morgan fingerprint density at radius 2 is 2.60 bits per heavy atom. The molecule has 3 N–H and O–H groups in total. The molecule has 0 unspecified atom stereocenters. The average molecular weight is 156 g/mol. The second-order valence-corrected chi connectivity index (χ2v) is 2.68. The van der Waals surface area contributed by atoms with Crippen LogP contribution in [0.25, 0.3) is 0 Å². The maximum Gasteiger partial charge on any atom is 0.238 e. The van der Waals surface area contributed by atoms with Crippen LogP contribution in [0.5, 0.6) is 0 Å². The van der Waals surface area contributed by atoms with Crippen LogP contribution in [0.15, 0.2) is 17.5 Å². The Kier molecular flexibility index (Phi) is 2.42. The highest BCUT2D eigenvalue weighted by molar-refractivity contribution is 7.14. The van der Waals surface area contributed by atoms with E-state index in [0.717, 1.165) is 5.00 Å². The Labute approximate surface area is 62.9 Å². The van der Waals surface area contributed by atoms with Crippen LogP contribution in [0.4, 0.5) is 5.00 Å². The van der Waals surface area contributed by atoms with Gasteiger partial charge in [0.2, 0.25) is 5.91 Å². The number of rotatable bonds is 2. The van der Waals surface area contributed by atoms with E-state index in [1.165, 1.54) is 11.3 Å². The van der Waals surface area contributed by atoms with Gasteiger partial charge in [-0.1, -0.05) is 0 Å². The zero-order valence-electron chi connectivity index (χ0n) is 5.33. The second-order valence-electron chi connectivity index (χ2n) is 1.73. The Hall–Kier alpha value is -0.870. The van der Waals surface area contributed by atoms with Crippen LogP contribution in [0.1, 0.15) is 0 Å². The number of hydrogen-bond acceptors (Lipinski definition) is 3. The third-order valence-corrected chi connectivity index (χ3v) is 1.75. The van der Waals surface area contributed by atoms with Crippen LogP contribution >= 0.6 is 11.3 Å². The fourth-order valence-corrected chi connectivity index (χ4v) is 1.17. The summed E-state index contributed by atoms with van der Waals surface area (Å²) in [6, 6.07) is 3.70. The molecule has 0 spiro atoms. The summed E-state index contributed by atoms with van der Waals surface area (Å²) in [7, 11) is 0. The van der Waals surface area contributed by atoms with E-state index >= 15 is 0 Å². The molecule has 0 bridgehead atoms. The minimum Gasteiger partial charge on any atom is -0.322 e. The highest BCUT2D eigenvalue weighted by Crippen LogP contribution is 2.13. The summed E-state index contributed by atoms with van der Waals surface area (Å²) in [5, 5.41) is 5.36. The fraction of sp³-hybridized carbons (Fsp3) is 0.167. The molecule has 0 saturated carbocycles. The van der Waals surface area contributed by atoms with Crippen molar-refractivity contribution in [2.45, 2.75) is 0 Å². The van der Waals surface area contributed by atoms with Crippen LogP contribution in [0.2, 0.25) is 0 Å². The Balaban J connectivity index is 2.48. The molecule has 1 rings (SSSR count). The standard InChI is InChI=1S/C6H8N2OS/c7-4-5(9)8-6-2-1-3-10-6/h1-3H,4,7H2,(H,8,9). The lowest BCUT2D eigenvalue weighted by molar-refractivity contribution is -0.114. The number of nitrogens with two attached hydrogens (primary N) is 1. The van der Waals surface area contributed by atoms with Gasteiger partial charge in [-0.3, -0.25) is 4.79 Å². The minimum absolute atomic E-state index is 0.0396. The van der Waals surface area contributed by atoms with Crippen molar-refractivity contribution in [3.05, 3.63) is 17.5 Å². The molecule has 0 atom stereocenters. The van der Waals surface area contributed by atoms with Crippen molar-refractivity contribution in [1.29, 1.82) is 0 Å². The molecule has 1 aromatic heterocycles. The third kappa shape index (κ3) is 1.82. The molecule has 0 aromatic carbocycles. The van der Waals surface area contributed by atoms with E-state index < -0.39 is 0 Å². The van der Waals surface area contributed by atoms with E-state index in [-0.39, 0.29) is 12.5 Å². The lowest BCUT2D eigenvalue weighted by Gasteiger charge is -1.96. The molecule has 54 valence electrons. The maximum absolute atomic E-state index is 10.6. The van der Waals surface area contributed by atoms with Crippen molar-refractivity contribution in [2.75, 3.05) is 11.9 Å². The highest BCUT2D eigenvalue weighted by Gasteiger charge is 1.97. The largest absolute Gasteiger partial charge is 0.322 e. The van der Waals surface area contributed by atoms with Crippen LogP contribution in [0.3, 0.4) is 0 Å². The third-order valence-electron chi connectivity index (χ3n) is 0.969. The summed E-state index contributed by atoms with van der Waals surface area (Å²) in [6.07, 6.45) is 0. The van der Waals surface area contributed by atoms with E-state index in [1.807, 2.05) is 17.5 Å². The minimum atomic E-state index is -0.151. The van der Waals surface area contributed by atoms with Crippen molar-refractivity contribution in [2.24, 2.45) is 5.73 Å². The first kappa shape index (κ1) is 7.24. The van der Waals surface area contributed by atoms with Gasteiger partial charge in [0.1, 0.15) is 0 Å². The number of carbonyl (C=O) groups is 1. The van der Waals surface area contributed by atoms with E-state index in [1.54, 1.807) is 0 Å². The molecule has 0 aliphatic rings. The summed E-state index contributed by atoms with van der Waals surface area (Å²) in [5.41, 5.74) is 5.08. The molecule has 0 radical (unpaired) electrons. The molecule has 3 nitrogen and oxygen atoms in total. The summed E-state index contributed by atoms with van der Waals surface area (Å²) >= 11 is 1.48. The van der Waals surface area contributed by atoms with Gasteiger partial charge in [0.25, 0.3) is 0 Å². The maximum atomic E-state index is 10.6. The number of nitrogens with one attached hydrogen (secondary N) is 1. The second kappa shape index (κ2) is 3.34. The number of thiophene rings is 1. The van der Waals surface area contributed by atoms with Gasteiger partial charge in [-0.15, -0.1) is 11.3 Å². The van der Waals surface area contributed by atoms with Crippen molar-refractivity contribution < 1.29 is 4.79 Å². The van der Waals surface area contributed by atoms with Gasteiger partial charge in [-0.05, 0) is 17.5 Å². The molecule has 0 saturated heterocycles. The topological polar surface area (TPSA) is 55.1 Å². The van der Waals surface area contributed by atoms with Gasteiger partial charge in [-0.2, -0.15) is 0 Å². The first-order valence-corrected chi connectivity index (χ1v) is 3.74.